The van der Waals surface area contributed by atoms with Crippen LogP contribution in [0, 0.1) is 0 Å². The molecule has 1 amide bonds. The van der Waals surface area contributed by atoms with Crippen LogP contribution in [-0.4, -0.2) is 55.9 Å². The molecule has 0 spiro atoms. The van der Waals surface area contributed by atoms with Crippen molar-refractivity contribution in [3.8, 4) is 0 Å². The molecule has 0 aromatic rings. The number of rotatable bonds is 6. The van der Waals surface area contributed by atoms with E-state index in [-0.39, 0.29) is 5.54 Å². The highest BCUT2D eigenvalue weighted by Crippen LogP contribution is 2.30. The SMILES string of the molecule is C[C@@H](OCC(F)(F)F)C(=O)NCC1(N(C)C)CCCCCC1. The highest BCUT2D eigenvalue weighted by Gasteiger charge is 2.34. The van der Waals surface area contributed by atoms with E-state index in [0.29, 0.717) is 6.54 Å². The van der Waals surface area contributed by atoms with Gasteiger partial charge < -0.3 is 15.0 Å². The molecule has 0 aromatic carbocycles. The Morgan fingerprint density at radius 3 is 2.23 bits per heavy atom. The monoisotopic (exact) mass is 324 g/mol. The summed E-state index contributed by atoms with van der Waals surface area (Å²) in [6.07, 6.45) is 1.04. The third-order valence-corrected chi connectivity index (χ3v) is 4.44. The van der Waals surface area contributed by atoms with Crippen LogP contribution in [0.1, 0.15) is 45.4 Å². The number of hydrogen-bond acceptors (Lipinski definition) is 3. The van der Waals surface area contributed by atoms with Crippen molar-refractivity contribution < 1.29 is 22.7 Å². The maximum atomic E-state index is 12.1. The van der Waals surface area contributed by atoms with E-state index in [4.69, 9.17) is 0 Å². The first-order valence-electron chi connectivity index (χ1n) is 7.80. The molecule has 0 radical (unpaired) electrons. The Bertz CT molecular complexity index is 351. The van der Waals surface area contributed by atoms with E-state index in [1.54, 1.807) is 0 Å². The molecular weight excluding hydrogens is 297 g/mol. The minimum Gasteiger partial charge on any atom is -0.359 e. The molecule has 1 atom stereocenters. The van der Waals surface area contributed by atoms with Crippen molar-refractivity contribution in [3.63, 3.8) is 0 Å². The Labute approximate surface area is 130 Å². The molecule has 0 saturated heterocycles. The van der Waals surface area contributed by atoms with Gasteiger partial charge in [-0.2, -0.15) is 13.2 Å². The minimum absolute atomic E-state index is 0.115. The second-order valence-electron chi connectivity index (χ2n) is 6.32. The van der Waals surface area contributed by atoms with Gasteiger partial charge in [0.25, 0.3) is 0 Å². The molecule has 1 N–H and O–H groups in total. The Hall–Kier alpha value is -0.820. The van der Waals surface area contributed by atoms with Crippen LogP contribution in [0.2, 0.25) is 0 Å². The van der Waals surface area contributed by atoms with Gasteiger partial charge in [-0.25, -0.2) is 0 Å². The summed E-state index contributed by atoms with van der Waals surface area (Å²) in [5.41, 5.74) is -0.115. The van der Waals surface area contributed by atoms with Crippen molar-refractivity contribution in [2.24, 2.45) is 0 Å². The van der Waals surface area contributed by atoms with Gasteiger partial charge in [-0.1, -0.05) is 25.7 Å². The van der Waals surface area contributed by atoms with Crippen LogP contribution in [0.15, 0.2) is 0 Å². The summed E-state index contributed by atoms with van der Waals surface area (Å²) < 4.78 is 40.9. The molecular formula is C15H27F3N2O2. The summed E-state index contributed by atoms with van der Waals surface area (Å²) in [6.45, 7) is 0.384. The standard InChI is InChI=1S/C15H27F3N2O2/c1-12(22-11-15(16,17)18)13(21)19-10-14(20(2)3)8-6-4-5-7-9-14/h12H,4-11H2,1-3H3,(H,19,21)/t12-/m1/s1. The molecule has 130 valence electrons. The number of hydrogen-bond donors (Lipinski definition) is 1. The summed E-state index contributed by atoms with van der Waals surface area (Å²) in [7, 11) is 3.97. The quantitative estimate of drug-likeness (QED) is 0.764. The largest absolute Gasteiger partial charge is 0.411 e. The summed E-state index contributed by atoms with van der Waals surface area (Å²) in [5.74, 6) is -0.491. The van der Waals surface area contributed by atoms with E-state index in [1.165, 1.54) is 19.8 Å². The van der Waals surface area contributed by atoms with Crippen LogP contribution in [0.4, 0.5) is 13.2 Å². The summed E-state index contributed by atoms with van der Waals surface area (Å²) in [4.78, 5) is 14.1. The van der Waals surface area contributed by atoms with Gasteiger partial charge in [0.2, 0.25) is 5.91 Å². The van der Waals surface area contributed by atoms with Crippen molar-refractivity contribution in [1.82, 2.24) is 10.2 Å². The van der Waals surface area contributed by atoms with Crippen LogP contribution in [-0.2, 0) is 9.53 Å². The topological polar surface area (TPSA) is 41.6 Å². The van der Waals surface area contributed by atoms with E-state index >= 15 is 0 Å². The maximum Gasteiger partial charge on any atom is 0.411 e. The number of ether oxygens (including phenoxy) is 1. The molecule has 1 saturated carbocycles. The first-order valence-corrected chi connectivity index (χ1v) is 7.80. The Balaban J connectivity index is 2.52. The Morgan fingerprint density at radius 1 is 1.23 bits per heavy atom. The van der Waals surface area contributed by atoms with Gasteiger partial charge in [-0.15, -0.1) is 0 Å². The van der Waals surface area contributed by atoms with Crippen LogP contribution < -0.4 is 5.32 Å². The van der Waals surface area contributed by atoms with Crippen LogP contribution in [0.5, 0.6) is 0 Å². The molecule has 1 aliphatic carbocycles. The van der Waals surface area contributed by atoms with E-state index in [2.05, 4.69) is 15.0 Å². The van der Waals surface area contributed by atoms with Crippen molar-refractivity contribution >= 4 is 5.91 Å². The Morgan fingerprint density at radius 2 is 1.77 bits per heavy atom. The fourth-order valence-corrected chi connectivity index (χ4v) is 2.86. The molecule has 7 heteroatoms. The molecule has 0 bridgehead atoms. The van der Waals surface area contributed by atoms with Crippen molar-refractivity contribution in [3.05, 3.63) is 0 Å². The zero-order valence-corrected chi connectivity index (χ0v) is 13.6. The van der Waals surface area contributed by atoms with Crippen molar-refractivity contribution in [2.45, 2.75) is 63.3 Å². The van der Waals surface area contributed by atoms with E-state index in [1.807, 2.05) is 14.1 Å². The smallest absolute Gasteiger partial charge is 0.359 e. The highest BCUT2D eigenvalue weighted by molar-refractivity contribution is 5.80. The van der Waals surface area contributed by atoms with Crippen molar-refractivity contribution in [1.29, 1.82) is 0 Å². The second-order valence-corrected chi connectivity index (χ2v) is 6.32. The average molecular weight is 324 g/mol. The van der Waals surface area contributed by atoms with Crippen LogP contribution in [0.25, 0.3) is 0 Å². The molecule has 22 heavy (non-hydrogen) atoms. The maximum absolute atomic E-state index is 12.1. The molecule has 4 nitrogen and oxygen atoms in total. The summed E-state index contributed by atoms with van der Waals surface area (Å²) in [5, 5.41) is 2.77. The van der Waals surface area contributed by atoms with Crippen LogP contribution in [0.3, 0.4) is 0 Å². The molecule has 0 aromatic heterocycles. The second kappa shape index (κ2) is 8.15. The number of alkyl halides is 3. The first kappa shape index (κ1) is 19.2. The molecule has 1 rings (SSSR count). The van der Waals surface area contributed by atoms with E-state index in [0.717, 1.165) is 25.7 Å². The van der Waals surface area contributed by atoms with Gasteiger partial charge in [0.15, 0.2) is 0 Å². The number of halogens is 3. The summed E-state index contributed by atoms with van der Waals surface area (Å²) >= 11 is 0. The van der Waals surface area contributed by atoms with E-state index < -0.39 is 24.8 Å². The molecule has 0 heterocycles. The van der Waals surface area contributed by atoms with Crippen molar-refractivity contribution in [2.75, 3.05) is 27.2 Å². The van der Waals surface area contributed by atoms with Gasteiger partial charge in [0.05, 0.1) is 0 Å². The van der Waals surface area contributed by atoms with Gasteiger partial charge in [0, 0.05) is 12.1 Å². The molecule has 0 unspecified atom stereocenters. The number of carbonyl (C=O) groups excluding carboxylic acids is 1. The van der Waals surface area contributed by atoms with Gasteiger partial charge in [0.1, 0.15) is 12.7 Å². The molecule has 1 fully saturated rings. The molecule has 0 aliphatic heterocycles. The normalized spacial score (nSPS) is 20.5. The lowest BCUT2D eigenvalue weighted by atomic mass is 9.88. The predicted molar refractivity (Wildman–Crippen MR) is 78.6 cm³/mol. The third-order valence-electron chi connectivity index (χ3n) is 4.44. The number of amides is 1. The molecule has 1 aliphatic rings. The lowest BCUT2D eigenvalue weighted by Crippen LogP contribution is -2.53. The lowest BCUT2D eigenvalue weighted by Gasteiger charge is -2.40. The predicted octanol–water partition coefficient (Wildman–Crippen LogP) is 2.72. The number of carbonyl (C=O) groups is 1. The fraction of sp³-hybridized carbons (Fsp3) is 0.933. The number of nitrogens with zero attached hydrogens (tertiary/aromatic N) is 1. The van der Waals surface area contributed by atoms with Crippen LogP contribution >= 0.6 is 0 Å². The average Bonchev–Trinajstić information content (AvgIpc) is 2.67. The number of nitrogens with one attached hydrogen (secondary N) is 1. The van der Waals surface area contributed by atoms with Gasteiger partial charge >= 0.3 is 6.18 Å². The van der Waals surface area contributed by atoms with E-state index in [9.17, 15) is 18.0 Å². The number of likely N-dealkylation sites (N-methyl/N-ethyl adjacent to an activating group) is 1. The lowest BCUT2D eigenvalue weighted by molar-refractivity contribution is -0.185. The fourth-order valence-electron chi connectivity index (χ4n) is 2.86. The van der Waals surface area contributed by atoms with Gasteiger partial charge in [-0.05, 0) is 33.9 Å². The van der Waals surface area contributed by atoms with Gasteiger partial charge in [-0.3, -0.25) is 4.79 Å². The summed E-state index contributed by atoms with van der Waals surface area (Å²) in [6, 6.07) is 0. The highest BCUT2D eigenvalue weighted by atomic mass is 19.4. The Kier molecular flexibility index (Phi) is 7.12. The zero-order valence-electron chi connectivity index (χ0n) is 13.6. The zero-order chi connectivity index (χ0) is 16.8. The first-order chi connectivity index (χ1) is 10.2. The third kappa shape index (κ3) is 6.12. The minimum atomic E-state index is -4.42.